The summed E-state index contributed by atoms with van der Waals surface area (Å²) in [6.45, 7) is 6.12. The minimum Gasteiger partial charge on any atom is -0.350 e. The Labute approximate surface area is 117 Å². The highest BCUT2D eigenvalue weighted by molar-refractivity contribution is 9.10. The van der Waals surface area contributed by atoms with Gasteiger partial charge in [-0.2, -0.15) is 0 Å². The second kappa shape index (κ2) is 6.38. The molecule has 1 aromatic rings. The maximum atomic E-state index is 11.8. The number of rotatable bonds is 3. The first kappa shape index (κ1) is 16.4. The number of hydrogen-bond donors (Lipinski definition) is 2. The molecule has 0 heterocycles. The second-order valence-electron chi connectivity index (χ2n) is 4.63. The van der Waals surface area contributed by atoms with Crippen LogP contribution in [0.25, 0.3) is 0 Å². The first-order chi connectivity index (χ1) is 7.29. The van der Waals surface area contributed by atoms with Crippen molar-refractivity contribution in [2.45, 2.75) is 26.3 Å². The fourth-order valence-electron chi connectivity index (χ4n) is 1.29. The second-order valence-corrected chi connectivity index (χ2v) is 5.55. The van der Waals surface area contributed by atoms with Crippen molar-refractivity contribution >= 4 is 34.2 Å². The van der Waals surface area contributed by atoms with E-state index < -0.39 is 0 Å². The van der Waals surface area contributed by atoms with Crippen molar-refractivity contribution in [3.63, 3.8) is 0 Å². The van der Waals surface area contributed by atoms with Crippen molar-refractivity contribution in [2.75, 3.05) is 6.54 Å². The fraction of sp³-hybridized carbons (Fsp3) is 0.417. The van der Waals surface area contributed by atoms with E-state index in [-0.39, 0.29) is 23.9 Å². The lowest BCUT2D eigenvalue weighted by Crippen LogP contribution is -2.45. The number of carbonyl (C=O) groups excluding carboxylic acids is 1. The van der Waals surface area contributed by atoms with E-state index >= 15 is 0 Å². The van der Waals surface area contributed by atoms with Crippen LogP contribution in [0.3, 0.4) is 0 Å². The van der Waals surface area contributed by atoms with Gasteiger partial charge in [-0.05, 0) is 44.5 Å². The lowest BCUT2D eigenvalue weighted by atomic mass is 10.1. The van der Waals surface area contributed by atoms with Gasteiger partial charge in [0.1, 0.15) is 0 Å². The molecule has 3 N–H and O–H groups in total. The zero-order valence-corrected chi connectivity index (χ0v) is 12.6. The molecule has 0 saturated carbocycles. The molecule has 3 nitrogen and oxygen atoms in total. The third-order valence-corrected chi connectivity index (χ3v) is 2.63. The molecule has 0 atom stereocenters. The van der Waals surface area contributed by atoms with Crippen LogP contribution in [0.15, 0.2) is 22.7 Å². The van der Waals surface area contributed by atoms with Crippen molar-refractivity contribution < 1.29 is 4.79 Å². The van der Waals surface area contributed by atoms with Gasteiger partial charge < -0.3 is 11.1 Å². The number of amides is 1. The molecule has 0 unspecified atom stereocenters. The smallest absolute Gasteiger partial charge is 0.251 e. The molecule has 0 saturated heterocycles. The summed E-state index contributed by atoms with van der Waals surface area (Å²) in [4.78, 5) is 11.8. The van der Waals surface area contributed by atoms with Crippen molar-refractivity contribution in [1.29, 1.82) is 0 Å². The Morgan fingerprint density at radius 3 is 2.53 bits per heavy atom. The molecule has 17 heavy (non-hydrogen) atoms. The SMILES string of the molecule is Cc1cc(Br)ccc1C(=O)NCC(C)(C)N.Cl. The van der Waals surface area contributed by atoms with Crippen molar-refractivity contribution in [3.05, 3.63) is 33.8 Å². The minimum atomic E-state index is -0.390. The average molecular weight is 322 g/mol. The van der Waals surface area contributed by atoms with Crippen LogP contribution in [0.1, 0.15) is 29.8 Å². The molecule has 1 aromatic carbocycles. The lowest BCUT2D eigenvalue weighted by Gasteiger charge is -2.19. The standard InChI is InChI=1S/C12H17BrN2O.ClH/c1-8-6-9(13)4-5-10(8)11(16)15-7-12(2,3)14;/h4-6H,7,14H2,1-3H3,(H,15,16);1H. The van der Waals surface area contributed by atoms with E-state index in [1.165, 1.54) is 0 Å². The van der Waals surface area contributed by atoms with Crippen LogP contribution in [-0.4, -0.2) is 18.0 Å². The number of nitrogens with two attached hydrogens (primary N) is 1. The summed E-state index contributed by atoms with van der Waals surface area (Å²) in [7, 11) is 0. The van der Waals surface area contributed by atoms with Gasteiger partial charge in [0.25, 0.3) is 5.91 Å². The van der Waals surface area contributed by atoms with E-state index in [4.69, 9.17) is 5.73 Å². The molecular weight excluding hydrogens is 304 g/mol. The number of benzene rings is 1. The number of hydrogen-bond acceptors (Lipinski definition) is 2. The summed E-state index contributed by atoms with van der Waals surface area (Å²) in [6, 6.07) is 5.58. The molecule has 0 aliphatic heterocycles. The quantitative estimate of drug-likeness (QED) is 0.899. The van der Waals surface area contributed by atoms with Crippen LogP contribution >= 0.6 is 28.3 Å². The van der Waals surface area contributed by atoms with Gasteiger partial charge in [-0.1, -0.05) is 15.9 Å². The molecule has 0 spiro atoms. The lowest BCUT2D eigenvalue weighted by molar-refractivity contribution is 0.0945. The van der Waals surface area contributed by atoms with Gasteiger partial charge in [0.05, 0.1) is 0 Å². The summed E-state index contributed by atoms with van der Waals surface area (Å²) in [5.41, 5.74) is 7.05. The zero-order chi connectivity index (χ0) is 12.3. The first-order valence-electron chi connectivity index (χ1n) is 5.13. The zero-order valence-electron chi connectivity index (χ0n) is 10.2. The number of halogens is 2. The normalized spacial score (nSPS) is 10.6. The fourth-order valence-corrected chi connectivity index (χ4v) is 1.76. The highest BCUT2D eigenvalue weighted by Gasteiger charge is 2.14. The summed E-state index contributed by atoms with van der Waals surface area (Å²) >= 11 is 3.36. The van der Waals surface area contributed by atoms with Gasteiger partial charge in [-0.3, -0.25) is 4.79 Å². The van der Waals surface area contributed by atoms with Crippen LogP contribution < -0.4 is 11.1 Å². The molecule has 0 aliphatic rings. The van der Waals surface area contributed by atoms with Gasteiger partial charge in [-0.15, -0.1) is 12.4 Å². The molecule has 0 fully saturated rings. The molecular formula is C12H18BrClN2O. The molecule has 1 amide bonds. The topological polar surface area (TPSA) is 55.1 Å². The molecule has 0 aromatic heterocycles. The van der Waals surface area contributed by atoms with Gasteiger partial charge in [0.2, 0.25) is 0 Å². The van der Waals surface area contributed by atoms with Gasteiger partial charge >= 0.3 is 0 Å². The highest BCUT2D eigenvalue weighted by atomic mass is 79.9. The summed E-state index contributed by atoms with van der Waals surface area (Å²) in [5, 5.41) is 2.82. The van der Waals surface area contributed by atoms with E-state index in [0.29, 0.717) is 12.1 Å². The number of aryl methyl sites for hydroxylation is 1. The summed E-state index contributed by atoms with van der Waals surface area (Å²) < 4.78 is 0.973. The minimum absolute atomic E-state index is 0. The van der Waals surface area contributed by atoms with Crippen LogP contribution in [-0.2, 0) is 0 Å². The molecule has 0 radical (unpaired) electrons. The number of carbonyl (C=O) groups is 1. The molecule has 0 bridgehead atoms. The monoisotopic (exact) mass is 320 g/mol. The van der Waals surface area contributed by atoms with E-state index in [2.05, 4.69) is 21.2 Å². The molecule has 1 rings (SSSR count). The Morgan fingerprint density at radius 2 is 2.06 bits per heavy atom. The van der Waals surface area contributed by atoms with E-state index in [1.54, 1.807) is 6.07 Å². The summed E-state index contributed by atoms with van der Waals surface area (Å²) in [6.07, 6.45) is 0. The Balaban J connectivity index is 0.00000256. The van der Waals surface area contributed by atoms with Crippen LogP contribution in [0.5, 0.6) is 0 Å². The van der Waals surface area contributed by atoms with Gasteiger partial charge in [0, 0.05) is 22.1 Å². The largest absolute Gasteiger partial charge is 0.350 e. The predicted octanol–water partition coefficient (Wildman–Crippen LogP) is 2.65. The number of nitrogens with one attached hydrogen (secondary N) is 1. The van der Waals surface area contributed by atoms with Crippen LogP contribution in [0, 0.1) is 6.92 Å². The van der Waals surface area contributed by atoms with Crippen molar-refractivity contribution in [3.8, 4) is 0 Å². The Bertz CT molecular complexity index is 402. The molecule has 0 aliphatic carbocycles. The average Bonchev–Trinajstić information content (AvgIpc) is 2.13. The summed E-state index contributed by atoms with van der Waals surface area (Å²) in [5.74, 6) is -0.0801. The third kappa shape index (κ3) is 5.52. The Hall–Kier alpha value is -0.580. The first-order valence-corrected chi connectivity index (χ1v) is 5.92. The van der Waals surface area contributed by atoms with Gasteiger partial charge in [-0.25, -0.2) is 0 Å². The van der Waals surface area contributed by atoms with Crippen molar-refractivity contribution in [1.82, 2.24) is 5.32 Å². The van der Waals surface area contributed by atoms with Gasteiger partial charge in [0.15, 0.2) is 0 Å². The van der Waals surface area contributed by atoms with Crippen LogP contribution in [0.2, 0.25) is 0 Å². The Morgan fingerprint density at radius 1 is 1.47 bits per heavy atom. The van der Waals surface area contributed by atoms with E-state index in [9.17, 15) is 4.79 Å². The Kier molecular flexibility index (Phi) is 6.16. The highest BCUT2D eigenvalue weighted by Crippen LogP contribution is 2.15. The maximum absolute atomic E-state index is 11.8. The molecule has 96 valence electrons. The molecule has 5 heteroatoms. The maximum Gasteiger partial charge on any atom is 0.251 e. The van der Waals surface area contributed by atoms with E-state index in [1.807, 2.05) is 32.9 Å². The van der Waals surface area contributed by atoms with Crippen molar-refractivity contribution in [2.24, 2.45) is 5.73 Å². The predicted molar refractivity (Wildman–Crippen MR) is 76.7 cm³/mol. The third-order valence-electron chi connectivity index (χ3n) is 2.14. The van der Waals surface area contributed by atoms with Crippen LogP contribution in [0.4, 0.5) is 0 Å². The van der Waals surface area contributed by atoms with E-state index in [0.717, 1.165) is 10.0 Å².